The number of carbonyl (C=O) groups excluding carboxylic acids is 2. The quantitative estimate of drug-likeness (QED) is 0.460. The molecule has 0 saturated carbocycles. The van der Waals surface area contributed by atoms with E-state index in [4.69, 9.17) is 10.3 Å². The number of piperidine rings is 1. The first kappa shape index (κ1) is 15.7. The number of hydrogen-bond donors (Lipinski definition) is 2. The number of amides is 3. The minimum Gasteiger partial charge on any atom is -0.368 e. The topological polar surface area (TPSA) is 130 Å². The van der Waals surface area contributed by atoms with E-state index in [1.807, 2.05) is 0 Å². The van der Waals surface area contributed by atoms with Crippen LogP contribution in [0.25, 0.3) is 0 Å². The number of primary amides is 1. The summed E-state index contributed by atoms with van der Waals surface area (Å²) in [5, 5.41) is 0.568. The Morgan fingerprint density at radius 1 is 1.44 bits per heavy atom. The van der Waals surface area contributed by atoms with Crippen LogP contribution in [-0.4, -0.2) is 83.1 Å². The fourth-order valence-electron chi connectivity index (χ4n) is 2.13. The van der Waals surface area contributed by atoms with Gasteiger partial charge in [-0.05, 0) is 12.8 Å². The summed E-state index contributed by atoms with van der Waals surface area (Å²) in [6, 6.07) is -2.04. The van der Waals surface area contributed by atoms with Gasteiger partial charge in [0.15, 0.2) is 0 Å². The van der Waals surface area contributed by atoms with Crippen molar-refractivity contribution in [3.05, 3.63) is 0 Å². The van der Waals surface area contributed by atoms with E-state index in [-0.39, 0.29) is 36.1 Å². The first-order valence-corrected chi connectivity index (χ1v) is 6.22. The van der Waals surface area contributed by atoms with Gasteiger partial charge in [-0.3, -0.25) is 9.35 Å². The van der Waals surface area contributed by atoms with Crippen molar-refractivity contribution in [2.45, 2.75) is 24.9 Å². The third-order valence-corrected chi connectivity index (χ3v) is 3.17. The van der Waals surface area contributed by atoms with Crippen molar-refractivity contribution in [3.8, 4) is 0 Å². The molecule has 9 nitrogen and oxygen atoms in total. The maximum Gasteiger partial charge on any atom is 0.418 e. The molecule has 0 aromatic rings. The molecule has 2 aliphatic rings. The second-order valence-electron chi connectivity index (χ2n) is 3.91. The summed E-state index contributed by atoms with van der Waals surface area (Å²) in [7, 11) is -4.75. The standard InChI is InChI=1S/C7H11N3O6S.Na/c8-6(11)5-2-1-4-3-9(5)7(12)10(4)16-17(13,14)15;/h4-5H,1-3H2,(H2,8,11)(H,13,14,15);/t4-,5+;/m0./s1. The minimum atomic E-state index is -4.75. The van der Waals surface area contributed by atoms with E-state index >= 15 is 0 Å². The zero-order valence-electron chi connectivity index (χ0n) is 9.64. The SMILES string of the molecule is NC(=O)[C@H]1CC[C@H]2CN1C(=O)N2OS(=O)(=O)O.[Na]. The average molecular weight is 288 g/mol. The molecule has 3 amide bonds. The Balaban J connectivity index is 0.00000162. The van der Waals surface area contributed by atoms with Crippen molar-refractivity contribution < 1.29 is 26.8 Å². The van der Waals surface area contributed by atoms with Crippen LogP contribution in [0, 0.1) is 0 Å². The van der Waals surface area contributed by atoms with Crippen LogP contribution in [0.4, 0.5) is 4.79 Å². The molecule has 0 spiro atoms. The zero-order valence-corrected chi connectivity index (χ0v) is 12.5. The first-order valence-electron chi connectivity index (χ1n) is 4.86. The Labute approximate surface area is 125 Å². The fraction of sp³-hybridized carbons (Fsp3) is 0.714. The predicted octanol–water partition coefficient (Wildman–Crippen LogP) is -1.91. The fourth-order valence-corrected chi connectivity index (χ4v) is 2.52. The molecule has 0 aliphatic carbocycles. The van der Waals surface area contributed by atoms with Gasteiger partial charge in [0.1, 0.15) is 6.04 Å². The molecular weight excluding hydrogens is 277 g/mol. The van der Waals surface area contributed by atoms with Crippen LogP contribution >= 0.6 is 0 Å². The number of nitrogens with two attached hydrogens (primary N) is 1. The molecule has 0 unspecified atom stereocenters. The van der Waals surface area contributed by atoms with Gasteiger partial charge in [0.25, 0.3) is 0 Å². The molecule has 0 aromatic heterocycles. The third-order valence-electron chi connectivity index (χ3n) is 2.83. The summed E-state index contributed by atoms with van der Waals surface area (Å²) in [6.07, 6.45) is 0.725. The van der Waals surface area contributed by atoms with Crippen molar-refractivity contribution in [1.82, 2.24) is 9.96 Å². The van der Waals surface area contributed by atoms with Crippen LogP contribution in [0.15, 0.2) is 0 Å². The van der Waals surface area contributed by atoms with Crippen LogP contribution in [-0.2, 0) is 19.5 Å². The normalized spacial score (nSPS) is 27.1. The minimum absolute atomic E-state index is 0. The van der Waals surface area contributed by atoms with Gasteiger partial charge >= 0.3 is 16.4 Å². The molecule has 0 aromatic carbocycles. The summed E-state index contributed by atoms with van der Waals surface area (Å²) in [5.74, 6) is -0.648. The van der Waals surface area contributed by atoms with E-state index in [1.165, 1.54) is 0 Å². The van der Waals surface area contributed by atoms with E-state index in [1.54, 1.807) is 0 Å². The van der Waals surface area contributed by atoms with Crippen molar-refractivity contribution in [2.75, 3.05) is 6.54 Å². The van der Waals surface area contributed by atoms with Gasteiger partial charge in [-0.2, -0.15) is 13.5 Å². The van der Waals surface area contributed by atoms with Crippen LogP contribution in [0.3, 0.4) is 0 Å². The van der Waals surface area contributed by atoms with E-state index < -0.39 is 34.4 Å². The Morgan fingerprint density at radius 2 is 2.06 bits per heavy atom. The van der Waals surface area contributed by atoms with Gasteiger partial charge < -0.3 is 10.6 Å². The molecule has 2 aliphatic heterocycles. The number of nitrogens with zero attached hydrogens (tertiary/aromatic N) is 2. The van der Waals surface area contributed by atoms with E-state index in [0.29, 0.717) is 17.9 Å². The van der Waals surface area contributed by atoms with Crippen molar-refractivity contribution in [3.63, 3.8) is 0 Å². The van der Waals surface area contributed by atoms with Gasteiger partial charge in [-0.25, -0.2) is 4.79 Å². The number of urea groups is 1. The summed E-state index contributed by atoms with van der Waals surface area (Å²) in [6.45, 7) is 0.155. The number of rotatable bonds is 3. The number of hydrogen-bond acceptors (Lipinski definition) is 5. The second kappa shape index (κ2) is 5.31. The molecular formula is C7H11N3NaO6S. The summed E-state index contributed by atoms with van der Waals surface area (Å²) in [4.78, 5) is 23.9. The molecule has 18 heavy (non-hydrogen) atoms. The monoisotopic (exact) mass is 288 g/mol. The maximum atomic E-state index is 11.7. The van der Waals surface area contributed by atoms with Gasteiger partial charge in [-0.1, -0.05) is 0 Å². The van der Waals surface area contributed by atoms with Crippen LogP contribution in [0.5, 0.6) is 0 Å². The molecule has 2 saturated heterocycles. The molecule has 2 heterocycles. The summed E-state index contributed by atoms with van der Waals surface area (Å²) in [5.41, 5.74) is 5.13. The second-order valence-corrected chi connectivity index (χ2v) is 4.92. The zero-order chi connectivity index (χ0) is 12.8. The number of fused-ring (bicyclic) bond motifs is 2. The molecule has 11 heteroatoms. The van der Waals surface area contributed by atoms with Crippen LogP contribution in [0.2, 0.25) is 0 Å². The Hall–Kier alpha value is -0.390. The van der Waals surface area contributed by atoms with Crippen molar-refractivity contribution in [1.29, 1.82) is 0 Å². The van der Waals surface area contributed by atoms with Gasteiger partial charge in [0.05, 0.1) is 6.04 Å². The van der Waals surface area contributed by atoms with Gasteiger partial charge in [0, 0.05) is 36.1 Å². The van der Waals surface area contributed by atoms with E-state index in [2.05, 4.69) is 4.28 Å². The Morgan fingerprint density at radius 3 is 2.56 bits per heavy atom. The average Bonchev–Trinajstić information content (AvgIpc) is 2.42. The number of carbonyl (C=O) groups is 2. The molecule has 2 bridgehead atoms. The van der Waals surface area contributed by atoms with E-state index in [0.717, 1.165) is 4.90 Å². The smallest absolute Gasteiger partial charge is 0.368 e. The van der Waals surface area contributed by atoms with Gasteiger partial charge in [0.2, 0.25) is 5.91 Å². The van der Waals surface area contributed by atoms with Crippen molar-refractivity contribution in [2.24, 2.45) is 5.73 Å². The maximum absolute atomic E-state index is 11.7. The third kappa shape index (κ3) is 2.95. The largest absolute Gasteiger partial charge is 0.418 e. The van der Waals surface area contributed by atoms with Gasteiger partial charge in [-0.15, -0.1) is 4.28 Å². The molecule has 2 rings (SSSR count). The van der Waals surface area contributed by atoms with Crippen molar-refractivity contribution >= 4 is 51.9 Å². The Kier molecular flexibility index (Phi) is 4.62. The molecule has 2 atom stereocenters. The first-order chi connectivity index (χ1) is 7.79. The van der Waals surface area contributed by atoms with Crippen LogP contribution < -0.4 is 5.73 Å². The number of hydroxylamine groups is 2. The predicted molar refractivity (Wildman–Crippen MR) is 58.3 cm³/mol. The summed E-state index contributed by atoms with van der Waals surface area (Å²) < 4.78 is 33.8. The molecule has 97 valence electrons. The Bertz CT molecular complexity index is 468. The molecule has 1 radical (unpaired) electrons. The van der Waals surface area contributed by atoms with Crippen LogP contribution in [0.1, 0.15) is 12.8 Å². The molecule has 2 fully saturated rings. The molecule has 3 N–H and O–H groups in total. The summed E-state index contributed by atoms with van der Waals surface area (Å²) >= 11 is 0. The van der Waals surface area contributed by atoms with E-state index in [9.17, 15) is 18.0 Å².